The van der Waals surface area contributed by atoms with Crippen molar-refractivity contribution in [1.29, 1.82) is 5.26 Å². The monoisotopic (exact) mass is 586 g/mol. The topological polar surface area (TPSA) is 110 Å². The number of rotatable bonds is 8. The number of tetrazole rings is 1. The number of halogens is 4. The molecule has 0 amide bonds. The summed E-state index contributed by atoms with van der Waals surface area (Å²) < 4.78 is 66.9. The maximum Gasteiger partial charge on any atom is 0.323 e. The van der Waals surface area contributed by atoms with Crippen LogP contribution in [0.5, 0.6) is 5.75 Å². The first kappa shape index (κ1) is 29.2. The lowest BCUT2D eigenvalue weighted by Gasteiger charge is -2.35. The number of benzene rings is 2. The van der Waals surface area contributed by atoms with Gasteiger partial charge in [-0.2, -0.15) is 14.0 Å². The molecule has 43 heavy (non-hydrogen) atoms. The molecule has 2 aromatic heterocycles. The summed E-state index contributed by atoms with van der Waals surface area (Å²) in [6, 6.07) is 13.3. The van der Waals surface area contributed by atoms with Crippen molar-refractivity contribution in [3.05, 3.63) is 125 Å². The molecule has 8 nitrogen and oxygen atoms in total. The number of aromatic nitrogens is 5. The van der Waals surface area contributed by atoms with E-state index in [1.807, 2.05) is 18.2 Å². The molecule has 2 heterocycles. The molecule has 0 aliphatic heterocycles. The Hall–Kier alpha value is -5.33. The molecule has 0 saturated heterocycles. The van der Waals surface area contributed by atoms with E-state index in [1.54, 1.807) is 24.3 Å². The van der Waals surface area contributed by atoms with Crippen molar-refractivity contribution in [2.24, 2.45) is 5.92 Å². The molecular weight excluding hydrogens is 564 g/mol. The summed E-state index contributed by atoms with van der Waals surface area (Å²) in [4.78, 5) is 3.79. The number of nitriles is 1. The van der Waals surface area contributed by atoms with Crippen LogP contribution in [0.3, 0.4) is 0 Å². The molecule has 5 rings (SSSR count). The lowest BCUT2D eigenvalue weighted by Crippen LogP contribution is -2.48. The number of aliphatic hydroxyl groups is 1. The Balaban J connectivity index is 1.31. The number of pyridine rings is 1. The minimum Gasteiger partial charge on any atom is -0.489 e. The van der Waals surface area contributed by atoms with Gasteiger partial charge in [0.15, 0.2) is 5.60 Å². The number of alkyl halides is 2. The Morgan fingerprint density at radius 2 is 1.81 bits per heavy atom. The van der Waals surface area contributed by atoms with E-state index in [-0.39, 0.29) is 5.92 Å². The predicted octanol–water partition coefficient (Wildman–Crippen LogP) is 4.83. The molecule has 1 N–H and O–H groups in total. The summed E-state index contributed by atoms with van der Waals surface area (Å²) in [5.41, 5.74) is -3.27. The summed E-state index contributed by atoms with van der Waals surface area (Å²) in [7, 11) is 0. The van der Waals surface area contributed by atoms with Gasteiger partial charge in [0.2, 0.25) is 0 Å². The smallest absolute Gasteiger partial charge is 0.323 e. The lowest BCUT2D eigenvalue weighted by molar-refractivity contribution is -0.207. The van der Waals surface area contributed by atoms with Crippen molar-refractivity contribution < 1.29 is 27.4 Å². The van der Waals surface area contributed by atoms with Crippen LogP contribution in [0.1, 0.15) is 28.8 Å². The second kappa shape index (κ2) is 12.3. The van der Waals surface area contributed by atoms with Crippen LogP contribution in [-0.4, -0.2) is 36.9 Å². The first-order valence-electron chi connectivity index (χ1n) is 12.9. The van der Waals surface area contributed by atoms with Crippen LogP contribution >= 0.6 is 0 Å². The maximum atomic E-state index is 15.9. The van der Waals surface area contributed by atoms with Gasteiger partial charge in [0, 0.05) is 22.9 Å². The Morgan fingerprint density at radius 3 is 2.47 bits per heavy atom. The fourth-order valence-corrected chi connectivity index (χ4v) is 4.33. The molecule has 2 unspecified atom stereocenters. The van der Waals surface area contributed by atoms with Crippen molar-refractivity contribution in [3.8, 4) is 23.7 Å². The first-order valence-corrected chi connectivity index (χ1v) is 12.9. The highest BCUT2D eigenvalue weighted by Gasteiger charge is 2.58. The first-order chi connectivity index (χ1) is 20.7. The molecule has 0 spiro atoms. The molecule has 0 fully saturated rings. The second-order valence-electron chi connectivity index (χ2n) is 9.67. The predicted molar refractivity (Wildman–Crippen MR) is 145 cm³/mol. The van der Waals surface area contributed by atoms with Crippen LogP contribution in [-0.2, 0) is 18.1 Å². The summed E-state index contributed by atoms with van der Waals surface area (Å²) in [6.07, 6.45) is 8.40. The van der Waals surface area contributed by atoms with Crippen LogP contribution < -0.4 is 4.74 Å². The summed E-state index contributed by atoms with van der Waals surface area (Å²) in [5, 5.41) is 30.4. The van der Waals surface area contributed by atoms with Gasteiger partial charge in [0.25, 0.3) is 0 Å². The Labute approximate surface area is 243 Å². The van der Waals surface area contributed by atoms with Gasteiger partial charge in [-0.1, -0.05) is 30.1 Å². The van der Waals surface area contributed by atoms with Crippen LogP contribution in [0.4, 0.5) is 17.6 Å². The van der Waals surface area contributed by atoms with Gasteiger partial charge in [0.1, 0.15) is 36.0 Å². The van der Waals surface area contributed by atoms with Crippen LogP contribution in [0.15, 0.2) is 90.9 Å². The van der Waals surface area contributed by atoms with E-state index in [1.165, 1.54) is 6.07 Å². The third-order valence-electron chi connectivity index (χ3n) is 6.71. The SMILES string of the molecule is N#CC1C=CC(COc2ccc(C#Cc3ccc(C(F)(F)C(O)(Cn4cnnn4)c4cc(F)ccc4F)nc3)cc2)=CC1. The third-order valence-corrected chi connectivity index (χ3v) is 6.71. The van der Waals surface area contributed by atoms with Crippen molar-refractivity contribution >= 4 is 0 Å². The van der Waals surface area contributed by atoms with Crippen molar-refractivity contribution in [2.75, 3.05) is 6.61 Å². The standard InChI is InChI=1S/C31H22F4N6O2/c32-25-10-13-28(33)27(15-25)30(42,19-41-20-38-39-40-41)31(34,35)29-14-9-23(17-37-29)4-1-21-7-11-26(12-8-21)43-18-24-5-2-22(16-36)3-6-24/h2,5-15,17,20,22,42H,3,18-19H2. The average molecular weight is 587 g/mol. The van der Waals surface area contributed by atoms with Gasteiger partial charge in [0.05, 0.1) is 18.5 Å². The quantitative estimate of drug-likeness (QED) is 0.233. The molecule has 0 saturated carbocycles. The molecule has 2 atom stereocenters. The molecule has 4 aromatic rings. The second-order valence-corrected chi connectivity index (χ2v) is 9.67. The van der Waals surface area contributed by atoms with Crippen LogP contribution in [0.25, 0.3) is 0 Å². The Bertz CT molecular complexity index is 1760. The number of hydrogen-bond donors (Lipinski definition) is 1. The van der Waals surface area contributed by atoms with E-state index in [2.05, 4.69) is 38.4 Å². The lowest BCUT2D eigenvalue weighted by atomic mass is 9.84. The normalized spacial score (nSPS) is 15.9. The largest absolute Gasteiger partial charge is 0.489 e. The molecule has 0 radical (unpaired) electrons. The number of nitrogens with zero attached hydrogens (tertiary/aromatic N) is 6. The van der Waals surface area contributed by atoms with E-state index in [9.17, 15) is 13.9 Å². The molecule has 0 bridgehead atoms. The fraction of sp³-hybridized carbons (Fsp3) is 0.194. The highest BCUT2D eigenvalue weighted by atomic mass is 19.3. The number of allylic oxidation sites excluding steroid dienone is 2. The van der Waals surface area contributed by atoms with E-state index in [0.717, 1.165) is 34.9 Å². The van der Waals surface area contributed by atoms with E-state index >= 15 is 8.78 Å². The Morgan fingerprint density at radius 1 is 1.05 bits per heavy atom. The summed E-state index contributed by atoms with van der Waals surface area (Å²) in [5.74, 6) is -0.220. The minimum absolute atomic E-state index is 0.110. The van der Waals surface area contributed by atoms with Gasteiger partial charge in [-0.15, -0.1) is 5.10 Å². The van der Waals surface area contributed by atoms with Gasteiger partial charge in [-0.05, 0) is 77.0 Å². The van der Waals surface area contributed by atoms with E-state index in [0.29, 0.717) is 42.0 Å². The summed E-state index contributed by atoms with van der Waals surface area (Å²) in [6.45, 7) is -0.634. The molecule has 1 aliphatic rings. The van der Waals surface area contributed by atoms with Crippen molar-refractivity contribution in [1.82, 2.24) is 25.2 Å². The van der Waals surface area contributed by atoms with Crippen LogP contribution in [0, 0.1) is 40.7 Å². The molecule has 1 aliphatic carbocycles. The number of hydrogen-bond acceptors (Lipinski definition) is 7. The van der Waals surface area contributed by atoms with Gasteiger partial charge in [-0.3, -0.25) is 4.98 Å². The molecule has 216 valence electrons. The zero-order valence-corrected chi connectivity index (χ0v) is 22.3. The van der Waals surface area contributed by atoms with Crippen molar-refractivity contribution in [3.63, 3.8) is 0 Å². The molecule has 2 aromatic carbocycles. The van der Waals surface area contributed by atoms with Crippen molar-refractivity contribution in [2.45, 2.75) is 24.5 Å². The average Bonchev–Trinajstić information content (AvgIpc) is 3.54. The zero-order chi connectivity index (χ0) is 30.5. The van der Waals surface area contributed by atoms with Gasteiger partial charge in [-0.25, -0.2) is 13.5 Å². The van der Waals surface area contributed by atoms with Gasteiger partial charge >= 0.3 is 5.92 Å². The van der Waals surface area contributed by atoms with Crippen LogP contribution in [0.2, 0.25) is 0 Å². The van der Waals surface area contributed by atoms with E-state index in [4.69, 9.17) is 10.00 Å². The third kappa shape index (κ3) is 6.45. The molecular formula is C31H22F4N6O2. The minimum atomic E-state index is -4.21. The fourth-order valence-electron chi connectivity index (χ4n) is 4.33. The maximum absolute atomic E-state index is 15.9. The zero-order valence-electron chi connectivity index (χ0n) is 22.3. The van der Waals surface area contributed by atoms with E-state index < -0.39 is 41.0 Å². The summed E-state index contributed by atoms with van der Waals surface area (Å²) >= 11 is 0. The molecule has 12 heteroatoms. The Kier molecular flexibility index (Phi) is 8.32. The number of ether oxygens (including phenoxy) is 1. The highest BCUT2D eigenvalue weighted by molar-refractivity contribution is 5.44. The highest BCUT2D eigenvalue weighted by Crippen LogP contribution is 2.46. The van der Waals surface area contributed by atoms with Gasteiger partial charge < -0.3 is 9.84 Å².